The van der Waals surface area contributed by atoms with Crippen molar-refractivity contribution in [1.82, 2.24) is 4.98 Å². The van der Waals surface area contributed by atoms with Gasteiger partial charge in [-0.25, -0.2) is 9.55 Å². The van der Waals surface area contributed by atoms with Crippen LogP contribution in [0.15, 0.2) is 12.4 Å². The lowest BCUT2D eigenvalue weighted by atomic mass is 10.3. The molecule has 0 fully saturated rings. The minimum absolute atomic E-state index is 1.16. The van der Waals surface area contributed by atoms with E-state index in [4.69, 9.17) is 0 Å². The molecule has 0 bridgehead atoms. The Hall–Kier alpha value is -0.440. The van der Waals surface area contributed by atoms with Crippen LogP contribution in [-0.2, 0) is 13.0 Å². The number of unbranched alkanes of at least 4 members (excludes halogenated alkanes) is 1. The monoisotopic (exact) mass is 227 g/mol. The van der Waals surface area contributed by atoms with Crippen molar-refractivity contribution in [2.24, 2.45) is 0 Å². The van der Waals surface area contributed by atoms with E-state index in [1.54, 1.807) is 0 Å². The summed E-state index contributed by atoms with van der Waals surface area (Å²) in [7, 11) is 0. The molecule has 0 aromatic carbocycles. The minimum Gasteiger partial charge on any atom is -0.248 e. The molecule has 0 saturated heterocycles. The first kappa shape index (κ1) is 12.6. The van der Waals surface area contributed by atoms with Crippen molar-refractivity contribution in [3.8, 4) is 0 Å². The van der Waals surface area contributed by atoms with Gasteiger partial charge in [0.05, 0.1) is 6.54 Å². The third-order valence-corrected chi connectivity index (χ3v) is 3.50. The van der Waals surface area contributed by atoms with Gasteiger partial charge in [0.15, 0.2) is 0 Å². The van der Waals surface area contributed by atoms with Crippen LogP contribution in [0.3, 0.4) is 0 Å². The van der Waals surface area contributed by atoms with Gasteiger partial charge in [0.2, 0.25) is 0 Å². The highest BCUT2D eigenvalue weighted by atomic mass is 32.2. The van der Waals surface area contributed by atoms with Gasteiger partial charge in [0.25, 0.3) is 5.82 Å². The fraction of sp³-hybridized carbons (Fsp3) is 0.750. The summed E-state index contributed by atoms with van der Waals surface area (Å²) >= 11 is 2.03. The van der Waals surface area contributed by atoms with Crippen LogP contribution in [0.25, 0.3) is 0 Å². The Kier molecular flexibility index (Phi) is 6.57. The second kappa shape index (κ2) is 7.80. The molecule has 0 radical (unpaired) electrons. The highest BCUT2D eigenvalue weighted by molar-refractivity contribution is 7.99. The summed E-state index contributed by atoms with van der Waals surface area (Å²) in [5, 5.41) is 0. The summed E-state index contributed by atoms with van der Waals surface area (Å²) in [6.45, 7) is 5.63. The van der Waals surface area contributed by atoms with Crippen molar-refractivity contribution in [2.45, 2.75) is 46.1 Å². The van der Waals surface area contributed by atoms with Crippen LogP contribution in [0.1, 0.15) is 38.9 Å². The van der Waals surface area contributed by atoms with Gasteiger partial charge in [-0.15, -0.1) is 0 Å². The zero-order chi connectivity index (χ0) is 10.9. The third kappa shape index (κ3) is 4.74. The van der Waals surface area contributed by atoms with Crippen molar-refractivity contribution in [3.63, 3.8) is 0 Å². The van der Waals surface area contributed by atoms with Crippen molar-refractivity contribution in [3.05, 3.63) is 18.2 Å². The SMILES string of the molecule is CCCC[n+]1cc[nH]c1CCCSCC. The van der Waals surface area contributed by atoms with E-state index in [0.717, 1.165) is 6.54 Å². The fourth-order valence-electron chi connectivity index (χ4n) is 1.64. The summed E-state index contributed by atoms with van der Waals surface area (Å²) in [4.78, 5) is 3.35. The number of H-pyrrole nitrogens is 1. The number of nitrogens with one attached hydrogen (secondary N) is 1. The molecule has 1 heterocycles. The Morgan fingerprint density at radius 2 is 2.20 bits per heavy atom. The molecule has 0 spiro atoms. The van der Waals surface area contributed by atoms with Gasteiger partial charge < -0.3 is 0 Å². The summed E-state index contributed by atoms with van der Waals surface area (Å²) in [5.41, 5.74) is 0. The van der Waals surface area contributed by atoms with Crippen LogP contribution in [0.2, 0.25) is 0 Å². The molecule has 0 amide bonds. The van der Waals surface area contributed by atoms with Gasteiger partial charge in [0.1, 0.15) is 12.4 Å². The van der Waals surface area contributed by atoms with Gasteiger partial charge in [-0.05, 0) is 24.3 Å². The number of hydrogen-bond acceptors (Lipinski definition) is 1. The molecule has 1 aromatic rings. The fourth-order valence-corrected chi connectivity index (χ4v) is 2.27. The van der Waals surface area contributed by atoms with Crippen LogP contribution in [-0.4, -0.2) is 16.5 Å². The van der Waals surface area contributed by atoms with Gasteiger partial charge in [-0.3, -0.25) is 0 Å². The lowest BCUT2D eigenvalue weighted by molar-refractivity contribution is -0.703. The van der Waals surface area contributed by atoms with E-state index < -0.39 is 0 Å². The summed E-state index contributed by atoms with van der Waals surface area (Å²) in [5.74, 6) is 3.91. The molecule has 1 rings (SSSR count). The molecule has 1 aromatic heterocycles. The zero-order valence-electron chi connectivity index (χ0n) is 9.96. The summed E-state index contributed by atoms with van der Waals surface area (Å²) in [6.07, 6.45) is 9.23. The number of nitrogens with zero attached hydrogens (tertiary/aromatic N) is 1. The van der Waals surface area contributed by atoms with Gasteiger partial charge in [-0.1, -0.05) is 20.3 Å². The number of hydrogen-bond donors (Lipinski definition) is 1. The molecule has 0 aliphatic rings. The standard InChI is InChI=1S/C12H22N2S/c1-3-5-9-14-10-8-13-12(14)7-6-11-15-4-2/h8,10H,3-7,9,11H2,1-2H3/p+1. The van der Waals surface area contributed by atoms with E-state index in [-0.39, 0.29) is 0 Å². The molecule has 0 aliphatic heterocycles. The highest BCUT2D eigenvalue weighted by Crippen LogP contribution is 2.04. The quantitative estimate of drug-likeness (QED) is 0.535. The molecule has 0 aliphatic carbocycles. The number of aromatic amines is 1. The van der Waals surface area contributed by atoms with Crippen LogP contribution < -0.4 is 4.57 Å². The number of rotatable bonds is 8. The van der Waals surface area contributed by atoms with Crippen LogP contribution in [0.5, 0.6) is 0 Å². The predicted molar refractivity (Wildman–Crippen MR) is 67.2 cm³/mol. The number of aromatic nitrogens is 2. The predicted octanol–water partition coefficient (Wildman–Crippen LogP) is 2.79. The first-order valence-corrected chi connectivity index (χ1v) is 7.17. The maximum Gasteiger partial charge on any atom is 0.254 e. The second-order valence-corrected chi connectivity index (χ2v) is 5.15. The van der Waals surface area contributed by atoms with Crippen LogP contribution >= 0.6 is 11.8 Å². The molecule has 3 heteroatoms. The van der Waals surface area contributed by atoms with Crippen molar-refractivity contribution in [2.75, 3.05) is 11.5 Å². The zero-order valence-corrected chi connectivity index (χ0v) is 10.8. The number of thioether (sulfide) groups is 1. The van der Waals surface area contributed by atoms with Crippen molar-refractivity contribution in [1.29, 1.82) is 0 Å². The minimum atomic E-state index is 1.16. The van der Waals surface area contributed by atoms with Crippen molar-refractivity contribution >= 4 is 11.8 Å². The molecule has 1 N–H and O–H groups in total. The lowest BCUT2D eigenvalue weighted by Gasteiger charge is -2.00. The second-order valence-electron chi connectivity index (χ2n) is 3.75. The molecular formula is C12H23N2S+. The Labute approximate surface area is 97.5 Å². The average molecular weight is 227 g/mol. The molecule has 0 atom stereocenters. The average Bonchev–Trinajstić information content (AvgIpc) is 2.69. The molecule has 0 unspecified atom stereocenters. The maximum atomic E-state index is 3.35. The summed E-state index contributed by atoms with van der Waals surface area (Å²) in [6, 6.07) is 0. The Morgan fingerprint density at radius 1 is 1.33 bits per heavy atom. The first-order valence-electron chi connectivity index (χ1n) is 6.02. The van der Waals surface area contributed by atoms with E-state index in [1.165, 1.54) is 43.0 Å². The Balaban J connectivity index is 2.29. The maximum absolute atomic E-state index is 3.35. The molecule has 86 valence electrons. The largest absolute Gasteiger partial charge is 0.254 e. The van der Waals surface area contributed by atoms with Gasteiger partial charge in [-0.2, -0.15) is 11.8 Å². The van der Waals surface area contributed by atoms with Crippen molar-refractivity contribution < 1.29 is 4.57 Å². The van der Waals surface area contributed by atoms with E-state index >= 15 is 0 Å². The molecule has 0 saturated carbocycles. The van der Waals surface area contributed by atoms with Gasteiger partial charge >= 0.3 is 0 Å². The van der Waals surface area contributed by atoms with Gasteiger partial charge in [0, 0.05) is 6.42 Å². The molecule has 2 nitrogen and oxygen atoms in total. The van der Waals surface area contributed by atoms with E-state index in [9.17, 15) is 0 Å². The topological polar surface area (TPSA) is 19.7 Å². The van der Waals surface area contributed by atoms with Crippen LogP contribution in [0.4, 0.5) is 0 Å². The van der Waals surface area contributed by atoms with E-state index in [1.807, 2.05) is 11.8 Å². The highest BCUT2D eigenvalue weighted by Gasteiger charge is 2.08. The van der Waals surface area contributed by atoms with Crippen LogP contribution in [0, 0.1) is 0 Å². The first-order chi connectivity index (χ1) is 7.38. The number of aryl methyl sites for hydroxylation is 2. The number of imidazole rings is 1. The normalized spacial score (nSPS) is 10.8. The third-order valence-electron chi connectivity index (χ3n) is 2.51. The summed E-state index contributed by atoms with van der Waals surface area (Å²) < 4.78 is 2.36. The Bertz CT molecular complexity index is 258. The van der Waals surface area contributed by atoms with E-state index in [2.05, 4.69) is 35.8 Å². The smallest absolute Gasteiger partial charge is 0.248 e. The molecular weight excluding hydrogens is 204 g/mol. The Morgan fingerprint density at radius 3 is 2.93 bits per heavy atom. The van der Waals surface area contributed by atoms with E-state index in [0.29, 0.717) is 0 Å². The molecule has 15 heavy (non-hydrogen) atoms. The lowest BCUT2D eigenvalue weighted by Crippen LogP contribution is -2.36.